The first-order valence-electron chi connectivity index (χ1n) is 10.4. The molecule has 0 amide bonds. The van der Waals surface area contributed by atoms with Crippen molar-refractivity contribution in [1.29, 1.82) is 0 Å². The van der Waals surface area contributed by atoms with Gasteiger partial charge < -0.3 is 9.67 Å². The fourth-order valence-electron chi connectivity index (χ4n) is 4.17. The maximum Gasteiger partial charge on any atom is 0.123 e. The van der Waals surface area contributed by atoms with E-state index in [0.717, 1.165) is 54.2 Å². The normalized spacial score (nSPS) is 15.6. The van der Waals surface area contributed by atoms with Gasteiger partial charge in [0.1, 0.15) is 5.82 Å². The average Bonchev–Trinajstić information content (AvgIpc) is 2.99. The lowest BCUT2D eigenvalue weighted by Crippen LogP contribution is -2.35. The Kier molecular flexibility index (Phi) is 5.75. The number of nitrogens with zero attached hydrogens (tertiary/aromatic N) is 2. The van der Waals surface area contributed by atoms with E-state index < -0.39 is 5.60 Å². The predicted octanol–water partition coefficient (Wildman–Crippen LogP) is 5.97. The second-order valence-electron chi connectivity index (χ2n) is 8.86. The Balaban J connectivity index is 1.73. The highest BCUT2D eigenvalue weighted by atomic mass is 35.5. The Morgan fingerprint density at radius 1 is 1.20 bits per heavy atom. The molecule has 3 aromatic rings. The number of aliphatic hydroxyl groups is 1. The zero-order valence-corrected chi connectivity index (χ0v) is 18.5. The number of aromatic nitrogens is 1. The molecule has 0 spiro atoms. The van der Waals surface area contributed by atoms with Crippen molar-refractivity contribution in [2.75, 3.05) is 13.1 Å². The van der Waals surface area contributed by atoms with E-state index in [2.05, 4.69) is 28.7 Å². The molecule has 1 aliphatic rings. The first-order valence-corrected chi connectivity index (χ1v) is 10.8. The van der Waals surface area contributed by atoms with Crippen LogP contribution in [0.25, 0.3) is 22.7 Å². The Labute approximate surface area is 182 Å². The first kappa shape index (κ1) is 21.1. The maximum absolute atomic E-state index is 13.3. The lowest BCUT2D eigenvalue weighted by Gasteiger charge is -2.30. The van der Waals surface area contributed by atoms with Crippen molar-refractivity contribution in [3.63, 3.8) is 0 Å². The molecule has 0 bridgehead atoms. The van der Waals surface area contributed by atoms with Gasteiger partial charge in [-0.2, -0.15) is 0 Å². The van der Waals surface area contributed by atoms with Crippen LogP contribution in [0.1, 0.15) is 44.0 Å². The van der Waals surface area contributed by atoms with Crippen molar-refractivity contribution < 1.29 is 9.50 Å². The molecule has 5 heteroatoms. The van der Waals surface area contributed by atoms with Crippen molar-refractivity contribution in [3.8, 4) is 0 Å². The van der Waals surface area contributed by atoms with Crippen molar-refractivity contribution in [3.05, 3.63) is 70.1 Å². The van der Waals surface area contributed by atoms with Crippen molar-refractivity contribution in [1.82, 2.24) is 9.47 Å². The van der Waals surface area contributed by atoms with Crippen LogP contribution in [-0.4, -0.2) is 33.3 Å². The third-order valence-electron chi connectivity index (χ3n) is 5.89. The molecule has 1 aromatic heterocycles. The SMILES string of the molecule is C/C(=C/n1c2c(c3cc(Cl)ccc31)CN(CCC(C)(C)O)CC2)c1ccc(F)cc1. The second-order valence-corrected chi connectivity index (χ2v) is 9.30. The monoisotopic (exact) mass is 426 g/mol. The molecule has 2 aromatic carbocycles. The highest BCUT2D eigenvalue weighted by molar-refractivity contribution is 6.31. The van der Waals surface area contributed by atoms with Crippen LogP contribution in [0.2, 0.25) is 5.02 Å². The van der Waals surface area contributed by atoms with Crippen LogP contribution in [0.15, 0.2) is 42.5 Å². The Hall–Kier alpha value is -2.14. The van der Waals surface area contributed by atoms with E-state index in [-0.39, 0.29) is 5.82 Å². The summed E-state index contributed by atoms with van der Waals surface area (Å²) < 4.78 is 15.6. The zero-order chi connectivity index (χ0) is 21.5. The van der Waals surface area contributed by atoms with E-state index in [1.165, 1.54) is 28.8 Å². The number of hydrogen-bond acceptors (Lipinski definition) is 2. The molecule has 0 atom stereocenters. The molecule has 158 valence electrons. The molecule has 0 fully saturated rings. The molecule has 1 aliphatic heterocycles. The van der Waals surface area contributed by atoms with Gasteiger partial charge in [-0.15, -0.1) is 0 Å². The Morgan fingerprint density at radius 3 is 2.63 bits per heavy atom. The van der Waals surface area contributed by atoms with Crippen LogP contribution in [-0.2, 0) is 13.0 Å². The predicted molar refractivity (Wildman–Crippen MR) is 123 cm³/mol. The molecule has 0 saturated heterocycles. The minimum atomic E-state index is -0.660. The number of halogens is 2. The molecule has 0 saturated carbocycles. The molecule has 2 heterocycles. The van der Waals surface area contributed by atoms with Gasteiger partial charge in [0.25, 0.3) is 0 Å². The average molecular weight is 427 g/mol. The van der Waals surface area contributed by atoms with Gasteiger partial charge >= 0.3 is 0 Å². The van der Waals surface area contributed by atoms with Crippen LogP contribution in [0, 0.1) is 5.82 Å². The molecule has 3 nitrogen and oxygen atoms in total. The quantitative estimate of drug-likeness (QED) is 0.544. The van der Waals surface area contributed by atoms with Gasteiger partial charge in [0.05, 0.1) is 11.1 Å². The van der Waals surface area contributed by atoms with Crippen LogP contribution in [0.5, 0.6) is 0 Å². The summed E-state index contributed by atoms with van der Waals surface area (Å²) in [6, 6.07) is 12.7. The van der Waals surface area contributed by atoms with Crippen molar-refractivity contribution >= 4 is 34.3 Å². The molecular weight excluding hydrogens is 399 g/mol. The fourth-order valence-corrected chi connectivity index (χ4v) is 4.34. The van der Waals surface area contributed by atoms with Crippen LogP contribution >= 0.6 is 11.6 Å². The third kappa shape index (κ3) is 4.46. The number of benzene rings is 2. The summed E-state index contributed by atoms with van der Waals surface area (Å²) in [6.45, 7) is 8.43. The Morgan fingerprint density at radius 2 is 1.93 bits per heavy atom. The van der Waals surface area contributed by atoms with E-state index >= 15 is 0 Å². The molecule has 0 aliphatic carbocycles. The molecule has 4 rings (SSSR count). The van der Waals surface area contributed by atoms with E-state index in [1.807, 2.05) is 38.1 Å². The lowest BCUT2D eigenvalue weighted by molar-refractivity contribution is 0.0558. The number of rotatable bonds is 5. The van der Waals surface area contributed by atoms with E-state index in [9.17, 15) is 9.50 Å². The topological polar surface area (TPSA) is 28.4 Å². The summed E-state index contributed by atoms with van der Waals surface area (Å²) in [5, 5.41) is 12.0. The standard InChI is InChI=1S/C25H28ClFN2O/c1-17(18-4-7-20(27)8-5-18)15-29-23-9-6-19(26)14-21(23)22-16-28(12-10-24(22)29)13-11-25(2,3)30/h4-9,14-15,30H,10-13,16H2,1-3H3/b17-15-. The van der Waals surface area contributed by atoms with Crippen LogP contribution in [0.4, 0.5) is 4.39 Å². The largest absolute Gasteiger partial charge is 0.390 e. The minimum absolute atomic E-state index is 0.226. The molecule has 0 radical (unpaired) electrons. The van der Waals surface area contributed by atoms with Gasteiger partial charge in [-0.05, 0) is 74.2 Å². The highest BCUT2D eigenvalue weighted by Crippen LogP contribution is 2.34. The maximum atomic E-state index is 13.3. The first-order chi connectivity index (χ1) is 14.2. The van der Waals surface area contributed by atoms with Gasteiger partial charge in [-0.25, -0.2) is 4.39 Å². The smallest absolute Gasteiger partial charge is 0.123 e. The van der Waals surface area contributed by atoms with Crippen LogP contribution < -0.4 is 0 Å². The Bertz CT molecular complexity index is 1090. The molecule has 0 unspecified atom stereocenters. The summed E-state index contributed by atoms with van der Waals surface area (Å²) in [5.74, 6) is -0.226. The van der Waals surface area contributed by atoms with Gasteiger partial charge in [-0.1, -0.05) is 23.7 Å². The summed E-state index contributed by atoms with van der Waals surface area (Å²) in [4.78, 5) is 2.40. The van der Waals surface area contributed by atoms with E-state index in [1.54, 1.807) is 0 Å². The molecule has 30 heavy (non-hydrogen) atoms. The van der Waals surface area contributed by atoms with Crippen molar-refractivity contribution in [2.45, 2.75) is 45.8 Å². The van der Waals surface area contributed by atoms with E-state index in [4.69, 9.17) is 11.6 Å². The summed E-state index contributed by atoms with van der Waals surface area (Å²) in [5.41, 5.74) is 5.16. The number of hydrogen-bond donors (Lipinski definition) is 1. The summed E-state index contributed by atoms with van der Waals surface area (Å²) in [6.07, 6.45) is 3.82. The van der Waals surface area contributed by atoms with Gasteiger partial charge in [0.15, 0.2) is 0 Å². The lowest BCUT2D eigenvalue weighted by atomic mass is 10.0. The minimum Gasteiger partial charge on any atom is -0.390 e. The van der Waals surface area contributed by atoms with Gasteiger partial charge in [0.2, 0.25) is 0 Å². The van der Waals surface area contributed by atoms with Crippen molar-refractivity contribution in [2.24, 2.45) is 0 Å². The number of fused-ring (bicyclic) bond motifs is 3. The summed E-state index contributed by atoms with van der Waals surface area (Å²) >= 11 is 6.34. The molecular formula is C25H28ClFN2O. The summed E-state index contributed by atoms with van der Waals surface area (Å²) in [7, 11) is 0. The fraction of sp³-hybridized carbons (Fsp3) is 0.360. The number of allylic oxidation sites excluding steroid dienone is 1. The zero-order valence-electron chi connectivity index (χ0n) is 17.8. The highest BCUT2D eigenvalue weighted by Gasteiger charge is 2.25. The van der Waals surface area contributed by atoms with Gasteiger partial charge in [-0.3, -0.25) is 4.90 Å². The third-order valence-corrected chi connectivity index (χ3v) is 6.13. The molecule has 1 N–H and O–H groups in total. The van der Waals surface area contributed by atoms with Crippen LogP contribution in [0.3, 0.4) is 0 Å². The second kappa shape index (κ2) is 8.18. The van der Waals surface area contributed by atoms with E-state index in [0.29, 0.717) is 0 Å². The van der Waals surface area contributed by atoms with Gasteiger partial charge in [0, 0.05) is 48.4 Å².